The van der Waals surface area contributed by atoms with Gasteiger partial charge in [0.2, 0.25) is 0 Å². The topological polar surface area (TPSA) is 88.5 Å². The van der Waals surface area contributed by atoms with Crippen LogP contribution in [0.3, 0.4) is 0 Å². The molecule has 0 unspecified atom stereocenters. The van der Waals surface area contributed by atoms with Crippen molar-refractivity contribution >= 4 is 32.8 Å². The van der Waals surface area contributed by atoms with Gasteiger partial charge in [-0.25, -0.2) is 15.0 Å². The second-order valence-electron chi connectivity index (χ2n) is 5.71. The number of rotatable bonds is 2. The van der Waals surface area contributed by atoms with Gasteiger partial charge in [0.1, 0.15) is 12.1 Å². The van der Waals surface area contributed by atoms with E-state index in [-0.39, 0.29) is 0 Å². The van der Waals surface area contributed by atoms with Gasteiger partial charge in [0.05, 0.1) is 22.7 Å². The minimum absolute atomic E-state index is 0.392. The number of hydrogen-bond donors (Lipinski definition) is 1. The number of benzene rings is 2. The summed E-state index contributed by atoms with van der Waals surface area (Å²) in [4.78, 5) is 13.1. The van der Waals surface area contributed by atoms with E-state index in [0.29, 0.717) is 17.0 Å². The van der Waals surface area contributed by atoms with Crippen LogP contribution in [0.1, 0.15) is 5.56 Å². The summed E-state index contributed by atoms with van der Waals surface area (Å²) in [6.45, 7) is 0. The minimum Gasteiger partial charge on any atom is -0.383 e. The molecular formula is C20H12BrN5. The molecule has 26 heavy (non-hydrogen) atoms. The Morgan fingerprint density at radius 3 is 2.50 bits per heavy atom. The molecule has 2 aromatic carbocycles. The molecule has 0 spiro atoms. The van der Waals surface area contributed by atoms with Crippen molar-refractivity contribution in [2.45, 2.75) is 0 Å². The van der Waals surface area contributed by atoms with Crippen molar-refractivity contribution in [3.63, 3.8) is 0 Å². The summed E-state index contributed by atoms with van der Waals surface area (Å²) in [6.07, 6.45) is 1.41. The highest BCUT2D eigenvalue weighted by atomic mass is 79.9. The van der Waals surface area contributed by atoms with Crippen LogP contribution in [0.4, 0.5) is 5.82 Å². The molecule has 4 aromatic rings. The van der Waals surface area contributed by atoms with Gasteiger partial charge < -0.3 is 5.73 Å². The number of fused-ring (bicyclic) bond motifs is 1. The van der Waals surface area contributed by atoms with Gasteiger partial charge in [-0.2, -0.15) is 5.26 Å². The predicted molar refractivity (Wildman–Crippen MR) is 105 cm³/mol. The number of nitrogens with two attached hydrogens (primary N) is 1. The SMILES string of the molecule is N#Cc1ccc(-c2cc(-c3cccc(Br)c3)c3c(N)ncnc3n2)cc1. The first-order chi connectivity index (χ1) is 12.7. The van der Waals surface area contributed by atoms with Gasteiger partial charge in [-0.05, 0) is 41.5 Å². The summed E-state index contributed by atoms with van der Waals surface area (Å²) in [7, 11) is 0. The highest BCUT2D eigenvalue weighted by Crippen LogP contribution is 2.34. The summed E-state index contributed by atoms with van der Waals surface area (Å²) in [5.41, 5.74) is 10.8. The van der Waals surface area contributed by atoms with Gasteiger partial charge in [-0.15, -0.1) is 0 Å². The molecule has 0 bridgehead atoms. The Hall–Kier alpha value is -3.30. The van der Waals surface area contributed by atoms with E-state index in [9.17, 15) is 0 Å². The molecule has 0 aliphatic carbocycles. The van der Waals surface area contributed by atoms with E-state index >= 15 is 0 Å². The normalized spacial score (nSPS) is 10.6. The molecule has 0 fully saturated rings. The van der Waals surface area contributed by atoms with E-state index in [1.165, 1.54) is 6.33 Å². The summed E-state index contributed by atoms with van der Waals surface area (Å²) in [5.74, 6) is 0.392. The average Bonchev–Trinajstić information content (AvgIpc) is 2.67. The Morgan fingerprint density at radius 1 is 0.962 bits per heavy atom. The van der Waals surface area contributed by atoms with E-state index in [1.807, 2.05) is 42.5 Å². The quantitative estimate of drug-likeness (QED) is 0.531. The number of aromatic nitrogens is 3. The molecular weight excluding hydrogens is 390 g/mol. The molecule has 0 saturated carbocycles. The largest absolute Gasteiger partial charge is 0.383 e. The maximum Gasteiger partial charge on any atom is 0.165 e. The molecule has 0 aliphatic heterocycles. The van der Waals surface area contributed by atoms with Crippen molar-refractivity contribution < 1.29 is 0 Å². The van der Waals surface area contributed by atoms with Gasteiger partial charge in [-0.3, -0.25) is 0 Å². The zero-order chi connectivity index (χ0) is 18.1. The van der Waals surface area contributed by atoms with Crippen molar-refractivity contribution in [3.8, 4) is 28.5 Å². The number of anilines is 1. The maximum absolute atomic E-state index is 8.99. The van der Waals surface area contributed by atoms with Crippen LogP contribution in [0.25, 0.3) is 33.4 Å². The van der Waals surface area contributed by atoms with Crippen LogP contribution in [0, 0.1) is 11.3 Å². The maximum atomic E-state index is 8.99. The summed E-state index contributed by atoms with van der Waals surface area (Å²) < 4.78 is 0.968. The fourth-order valence-corrected chi connectivity index (χ4v) is 3.23. The molecule has 6 heteroatoms. The van der Waals surface area contributed by atoms with E-state index in [2.05, 4.69) is 37.0 Å². The molecule has 0 saturated heterocycles. The van der Waals surface area contributed by atoms with Crippen molar-refractivity contribution in [2.24, 2.45) is 0 Å². The van der Waals surface area contributed by atoms with Crippen LogP contribution < -0.4 is 5.73 Å². The van der Waals surface area contributed by atoms with Crippen LogP contribution in [0.2, 0.25) is 0 Å². The molecule has 4 rings (SSSR count). The smallest absolute Gasteiger partial charge is 0.165 e. The molecule has 0 aliphatic rings. The number of pyridine rings is 1. The monoisotopic (exact) mass is 401 g/mol. The minimum atomic E-state index is 0.392. The fourth-order valence-electron chi connectivity index (χ4n) is 2.83. The fraction of sp³-hybridized carbons (Fsp3) is 0. The van der Waals surface area contributed by atoms with Crippen LogP contribution in [-0.4, -0.2) is 15.0 Å². The number of nitriles is 1. The third-order valence-electron chi connectivity index (χ3n) is 4.08. The van der Waals surface area contributed by atoms with Gasteiger partial charge in [-0.1, -0.05) is 40.2 Å². The lowest BCUT2D eigenvalue weighted by atomic mass is 9.99. The number of hydrogen-bond acceptors (Lipinski definition) is 5. The third-order valence-corrected chi connectivity index (χ3v) is 4.57. The molecule has 0 amide bonds. The van der Waals surface area contributed by atoms with Gasteiger partial charge in [0.25, 0.3) is 0 Å². The Labute approximate surface area is 158 Å². The standard InChI is InChI=1S/C20H12BrN5/c21-15-3-1-2-14(8-15)16-9-17(13-6-4-12(10-22)5-7-13)26-20-18(16)19(23)24-11-25-20/h1-9,11H,(H2,23,24,25,26). The van der Waals surface area contributed by atoms with Crippen molar-refractivity contribution in [1.29, 1.82) is 5.26 Å². The molecule has 2 N–H and O–H groups in total. The molecule has 5 nitrogen and oxygen atoms in total. The van der Waals surface area contributed by atoms with Crippen molar-refractivity contribution in [2.75, 3.05) is 5.73 Å². The van der Waals surface area contributed by atoms with Crippen LogP contribution in [0.5, 0.6) is 0 Å². The Bertz CT molecular complexity index is 1160. The number of nitrogens with zero attached hydrogens (tertiary/aromatic N) is 4. The highest BCUT2D eigenvalue weighted by Gasteiger charge is 2.14. The lowest BCUT2D eigenvalue weighted by Gasteiger charge is -2.11. The van der Waals surface area contributed by atoms with Crippen molar-refractivity contribution in [3.05, 3.63) is 71.0 Å². The van der Waals surface area contributed by atoms with Gasteiger partial charge in [0.15, 0.2) is 5.65 Å². The zero-order valence-electron chi connectivity index (χ0n) is 13.5. The van der Waals surface area contributed by atoms with Crippen LogP contribution in [0.15, 0.2) is 65.4 Å². The summed E-state index contributed by atoms with van der Waals surface area (Å²) >= 11 is 3.51. The second-order valence-corrected chi connectivity index (χ2v) is 6.63. The summed E-state index contributed by atoms with van der Waals surface area (Å²) in [6, 6.07) is 19.4. The number of nitrogen functional groups attached to an aromatic ring is 1. The molecule has 0 radical (unpaired) electrons. The van der Waals surface area contributed by atoms with Crippen LogP contribution >= 0.6 is 15.9 Å². The lowest BCUT2D eigenvalue weighted by Crippen LogP contribution is -1.98. The van der Waals surface area contributed by atoms with E-state index in [0.717, 1.165) is 32.2 Å². The number of halogens is 1. The van der Waals surface area contributed by atoms with E-state index in [1.54, 1.807) is 12.1 Å². The summed E-state index contributed by atoms with van der Waals surface area (Å²) in [5, 5.41) is 9.71. The predicted octanol–water partition coefficient (Wildman–Crippen LogP) is 4.58. The second kappa shape index (κ2) is 6.54. The first-order valence-electron chi connectivity index (χ1n) is 7.83. The lowest BCUT2D eigenvalue weighted by molar-refractivity contribution is 1.19. The first-order valence-corrected chi connectivity index (χ1v) is 8.63. The Kier molecular flexibility index (Phi) is 4.07. The Balaban J connectivity index is 2.00. The third kappa shape index (κ3) is 2.89. The van der Waals surface area contributed by atoms with Crippen molar-refractivity contribution in [1.82, 2.24) is 15.0 Å². The first kappa shape index (κ1) is 16.2. The van der Waals surface area contributed by atoms with E-state index in [4.69, 9.17) is 11.0 Å². The molecule has 2 aromatic heterocycles. The van der Waals surface area contributed by atoms with Crippen LogP contribution in [-0.2, 0) is 0 Å². The van der Waals surface area contributed by atoms with Gasteiger partial charge >= 0.3 is 0 Å². The molecule has 0 atom stereocenters. The zero-order valence-corrected chi connectivity index (χ0v) is 15.1. The average molecular weight is 402 g/mol. The highest BCUT2D eigenvalue weighted by molar-refractivity contribution is 9.10. The van der Waals surface area contributed by atoms with Gasteiger partial charge in [0, 0.05) is 10.0 Å². The Morgan fingerprint density at radius 2 is 1.77 bits per heavy atom. The molecule has 2 heterocycles. The molecule has 124 valence electrons. The van der Waals surface area contributed by atoms with E-state index < -0.39 is 0 Å².